The molecule has 6 saturated carbocycles. The minimum Gasteiger partial charge on any atom is -0.497 e. The van der Waals surface area contributed by atoms with Crippen LogP contribution in [0.15, 0.2) is 78.9 Å². The average molecular weight is 1520 g/mol. The number of aryl methyl sites for hydroxylation is 4. The highest BCUT2D eigenvalue weighted by atomic mass is 35.5. The summed E-state index contributed by atoms with van der Waals surface area (Å²) in [6.07, 6.45) is 21.7. The molecule has 2 heterocycles. The number of aliphatic hydroxyl groups excluding tert-OH is 2. The van der Waals surface area contributed by atoms with Gasteiger partial charge in [0.1, 0.15) is 11.4 Å². The molecule has 0 aromatic heterocycles. The summed E-state index contributed by atoms with van der Waals surface area (Å²) >= 11 is 5.29. The number of hydrogen-bond donors (Lipinski definition) is 2. The van der Waals surface area contributed by atoms with Gasteiger partial charge in [0.05, 0.1) is 20.3 Å². The molecule has 2 N–H and O–H groups in total. The Morgan fingerprint density at radius 3 is 0.923 bits per heavy atom. The molecule has 0 unspecified atom stereocenters. The molecule has 6 aliphatic carbocycles. The van der Waals surface area contributed by atoms with Crippen LogP contribution in [0.1, 0.15) is 308 Å². The van der Waals surface area contributed by atoms with Crippen LogP contribution in [-0.2, 0) is 9.47 Å². The molecule has 0 bridgehead atoms. The van der Waals surface area contributed by atoms with Crippen LogP contribution < -0.4 is 4.74 Å². The molecule has 2 atom stereocenters. The molecule has 6 nitrogen and oxygen atoms in total. The highest BCUT2D eigenvalue weighted by molar-refractivity contribution is 6.18. The zero-order valence-corrected chi connectivity index (χ0v) is 72.6. The van der Waals surface area contributed by atoms with E-state index in [-0.39, 0.29) is 24.9 Å². The smallest absolute Gasteiger partial charge is 0.388 e. The number of halogens is 9. The van der Waals surface area contributed by atoms with E-state index in [1.165, 1.54) is 138 Å². The van der Waals surface area contributed by atoms with Crippen molar-refractivity contribution in [3.05, 3.63) is 101 Å². The molecule has 0 spiro atoms. The van der Waals surface area contributed by atoms with Crippen molar-refractivity contribution in [2.24, 2.45) is 52.8 Å². The van der Waals surface area contributed by atoms with Crippen molar-refractivity contribution in [1.82, 2.24) is 4.90 Å². The Balaban J connectivity index is -0.000000193. The molecule has 620 valence electrons. The first kappa shape index (κ1) is 114. The molecule has 8 aliphatic rings. The average Bonchev–Trinajstić information content (AvgIpc) is 1.67. The number of benzene rings is 3. The topological polar surface area (TPSA) is 71.4 Å². The molecule has 3 aromatic rings. The van der Waals surface area contributed by atoms with E-state index in [1.54, 1.807) is 21.0 Å². The third-order valence-electron chi connectivity index (χ3n) is 15.7. The highest BCUT2D eigenvalue weighted by Crippen LogP contribution is 2.47. The van der Waals surface area contributed by atoms with Gasteiger partial charge in [-0.15, -0.1) is 11.6 Å². The normalized spacial score (nSPS) is 18.0. The van der Waals surface area contributed by atoms with E-state index in [2.05, 4.69) is 173 Å². The second-order valence-electron chi connectivity index (χ2n) is 32.1. The lowest BCUT2D eigenvalue weighted by Gasteiger charge is -2.21. The molecule has 11 rings (SSSR count). The number of alkyl halides is 9. The van der Waals surface area contributed by atoms with Crippen LogP contribution in [0.3, 0.4) is 0 Å². The molecular formula is C89H166ClF8NO5. The van der Waals surface area contributed by atoms with Gasteiger partial charge in [0.15, 0.2) is 0 Å². The number of morpholine rings is 1. The lowest BCUT2D eigenvalue weighted by atomic mass is 9.88. The lowest BCUT2D eigenvalue weighted by Crippen LogP contribution is -2.32. The number of rotatable bonds is 5. The highest BCUT2D eigenvalue weighted by Gasteiger charge is 2.53. The van der Waals surface area contributed by atoms with E-state index < -0.39 is 30.6 Å². The predicted octanol–water partition coefficient (Wildman–Crippen LogP) is 28.9. The first-order valence-electron chi connectivity index (χ1n) is 40.1. The predicted molar refractivity (Wildman–Crippen MR) is 440 cm³/mol. The van der Waals surface area contributed by atoms with Crippen molar-refractivity contribution in [2.75, 3.05) is 72.8 Å². The Kier molecular flexibility index (Phi) is 82.9. The maximum absolute atomic E-state index is 11.8. The molecule has 0 radical (unpaired) electrons. The van der Waals surface area contributed by atoms with Gasteiger partial charge < -0.3 is 29.3 Å². The summed E-state index contributed by atoms with van der Waals surface area (Å²) in [5.74, 6) is 5.07. The molecule has 15 heteroatoms. The van der Waals surface area contributed by atoms with Crippen LogP contribution in [-0.4, -0.2) is 112 Å². The Morgan fingerprint density at radius 1 is 0.529 bits per heavy atom. The van der Waals surface area contributed by atoms with E-state index in [0.29, 0.717) is 17.9 Å². The van der Waals surface area contributed by atoms with Gasteiger partial charge in [-0.25, -0.2) is 22.0 Å². The van der Waals surface area contributed by atoms with Crippen LogP contribution >= 0.6 is 11.6 Å². The third kappa shape index (κ3) is 117. The Hall–Kier alpha value is -3.01. The van der Waals surface area contributed by atoms with Crippen LogP contribution in [0.2, 0.25) is 0 Å². The summed E-state index contributed by atoms with van der Waals surface area (Å²) in [6, 6.07) is 26.7. The van der Waals surface area contributed by atoms with Crippen molar-refractivity contribution in [2.45, 2.75) is 338 Å². The monoisotopic (exact) mass is 1520 g/mol. The molecule has 2 saturated heterocycles. The fourth-order valence-electron chi connectivity index (χ4n) is 7.10. The van der Waals surface area contributed by atoms with Crippen molar-refractivity contribution in [3.8, 4) is 5.75 Å². The maximum atomic E-state index is 11.8. The van der Waals surface area contributed by atoms with Gasteiger partial charge in [0, 0.05) is 64.2 Å². The molecule has 3 aromatic carbocycles. The lowest BCUT2D eigenvalue weighted by molar-refractivity contribution is -0.130. The van der Waals surface area contributed by atoms with Gasteiger partial charge in [-0.3, -0.25) is 0 Å². The van der Waals surface area contributed by atoms with E-state index >= 15 is 0 Å². The minimum atomic E-state index is -3.96. The second-order valence-corrected chi connectivity index (χ2v) is 32.4. The summed E-state index contributed by atoms with van der Waals surface area (Å²) in [7, 11) is 3.78. The number of nitrogens with zero attached hydrogens (tertiary/aromatic N) is 1. The van der Waals surface area contributed by atoms with E-state index in [9.17, 15) is 35.1 Å². The fourth-order valence-corrected chi connectivity index (χ4v) is 7.20. The number of likely N-dealkylation sites (N-methyl/N-ethyl adjacent to an activating group) is 1. The zero-order chi connectivity index (χ0) is 81.6. The van der Waals surface area contributed by atoms with Crippen molar-refractivity contribution >= 4 is 11.6 Å². The van der Waals surface area contributed by atoms with Crippen molar-refractivity contribution in [3.63, 3.8) is 0 Å². The first-order chi connectivity index (χ1) is 48.4. The fraction of sp³-hybridized carbons (Fsp3) is 0.798. The number of unbranched alkanes of at least 4 members (excludes halogenated alkanes) is 1. The van der Waals surface area contributed by atoms with Crippen LogP contribution in [0.4, 0.5) is 35.1 Å². The maximum Gasteiger partial charge on any atom is 0.388 e. The van der Waals surface area contributed by atoms with E-state index in [0.717, 1.165) is 114 Å². The summed E-state index contributed by atoms with van der Waals surface area (Å²) in [6.45, 7) is 55.0. The SMILES string of the molecule is CC(C)(C)C.CC(C)C.CC(F)F.CC1(F)CC1.CC1CC1.CC1CCC1.CC1CCCC1.CC1CCCCC1.CC1CCOCC1.CCC(F)(F)F.CCCC.CCCO.CN1CCOCC1.COc1ccc(C)cc1.C[C@H](CO)CCl.C[C@H]1CC1(F)F.Cc1ccc(C)cc1.Cc1ccccc1. The Labute approximate surface area is 643 Å². The molecule has 8 fully saturated rings. The van der Waals surface area contributed by atoms with Gasteiger partial charge in [-0.2, -0.15) is 13.2 Å². The summed E-state index contributed by atoms with van der Waals surface area (Å²) in [5.41, 5.74) is 4.99. The molecule has 104 heavy (non-hydrogen) atoms. The van der Waals surface area contributed by atoms with Gasteiger partial charge >= 0.3 is 6.18 Å². The van der Waals surface area contributed by atoms with Crippen LogP contribution in [0.5, 0.6) is 5.75 Å². The Morgan fingerprint density at radius 2 is 0.798 bits per heavy atom. The number of hydrogen-bond acceptors (Lipinski definition) is 6. The third-order valence-corrected chi connectivity index (χ3v) is 16.3. The summed E-state index contributed by atoms with van der Waals surface area (Å²) in [4.78, 5) is 2.27. The van der Waals surface area contributed by atoms with E-state index in [1.807, 2.05) is 56.3 Å². The first-order valence-corrected chi connectivity index (χ1v) is 40.6. The molecule has 0 amide bonds. The number of ether oxygens (including phenoxy) is 3. The molecular weight excluding hydrogens is 1350 g/mol. The second kappa shape index (κ2) is 75.4. The summed E-state index contributed by atoms with van der Waals surface area (Å²) in [5, 5.41) is 16.1. The van der Waals surface area contributed by atoms with E-state index in [4.69, 9.17) is 36.0 Å². The van der Waals surface area contributed by atoms with Gasteiger partial charge in [0.2, 0.25) is 6.43 Å². The minimum absolute atomic E-state index is 0.104. The van der Waals surface area contributed by atoms with Crippen LogP contribution in [0, 0.1) is 80.5 Å². The van der Waals surface area contributed by atoms with Gasteiger partial charge in [-0.05, 0) is 140 Å². The number of aliphatic hydroxyl groups is 2. The van der Waals surface area contributed by atoms with Crippen LogP contribution in [0.25, 0.3) is 0 Å². The quantitative estimate of drug-likeness (QED) is 0.196. The van der Waals surface area contributed by atoms with Crippen molar-refractivity contribution < 1.29 is 59.5 Å². The molecule has 2 aliphatic heterocycles. The number of methoxy groups -OCH3 is 1. The van der Waals surface area contributed by atoms with Gasteiger partial charge in [0.25, 0.3) is 5.92 Å². The zero-order valence-electron chi connectivity index (χ0n) is 71.8. The van der Waals surface area contributed by atoms with Crippen molar-refractivity contribution in [1.29, 1.82) is 0 Å². The van der Waals surface area contributed by atoms with Gasteiger partial charge in [-0.1, -0.05) is 316 Å². The Bertz CT molecular complexity index is 2010. The standard InChI is InChI=1S/C8H10O.C8H10.C7H14.C7H8.C6H12O.C6H12.C5H11NO.C5H10.C5H12.C4H9ClO.C4H6F2.C4H7F.C4H8.2C4H10.C3H5F3.C3H8O.C2H4F2/c1-7-3-5-8(9-2)6-4-7;1-7-3-5-8(2)6-4-7;2*1-7-5-3-2-4-6-7;1-6-2-4-7-5-3-6;1-6-4-2-3-5-6;1-6-2-4-7-5-3-6;1-5-3-2-4-5;1-5(2,3)4;1-4(2-5)3-6;1-3-2-4(3,5)6;1-4(5)2-3-4;1-4-2-3-4;1-4(2)3;1-3-4-2;1-2-3(4,5)6;1-2-3-4;1-2(3)4/h3-6H,1-2H3;3-6H,1-2H3;7H,2-6H2,1H3;2-6H,1H3;6H,2-5H2,1H3;6H,2-5H2,1H3;2-5H2,1H3;5H,2-4H2,1H3;1-4H3;4,6H,2-3H2,1H3;3H,2H2,1H3;2-3H2,1H3;4H,2-3H2,1H3;4H,1-3H3;3-4H2,1-2H3;2H2,1H3;4H,2-3H2,1H3;2H,1H3/t;;;;;;;;;4-;3-;;;;;;;/m.........00......./s1. The largest absolute Gasteiger partial charge is 0.497 e. The summed E-state index contributed by atoms with van der Waals surface area (Å²) < 4.78 is 103.